The first-order valence-corrected chi connectivity index (χ1v) is 11.1. The fourth-order valence-electron chi connectivity index (χ4n) is 3.28. The molecule has 0 bridgehead atoms. The molecule has 2 aromatic heterocycles. The molecule has 4 rings (SSSR count). The van der Waals surface area contributed by atoms with Crippen LogP contribution in [-0.2, 0) is 4.79 Å². The Bertz CT molecular complexity index is 821. The van der Waals surface area contributed by atoms with Gasteiger partial charge in [0.1, 0.15) is 9.88 Å². The molecule has 1 saturated heterocycles. The van der Waals surface area contributed by atoms with Crippen molar-refractivity contribution in [1.29, 1.82) is 0 Å². The number of thiazole rings is 1. The molecule has 1 aliphatic heterocycles. The van der Waals surface area contributed by atoms with E-state index in [9.17, 15) is 9.59 Å². The monoisotopic (exact) mass is 404 g/mol. The molecule has 0 aromatic carbocycles. The van der Waals surface area contributed by atoms with Crippen LogP contribution in [0.3, 0.4) is 0 Å². The summed E-state index contributed by atoms with van der Waals surface area (Å²) in [4.78, 5) is 34.6. The topological polar surface area (TPSA) is 65.5 Å². The van der Waals surface area contributed by atoms with Crippen LogP contribution in [0.2, 0.25) is 0 Å². The number of hydrogen-bond donors (Lipinski definition) is 1. The molecular formula is C19H24N4O2S2. The van der Waals surface area contributed by atoms with Gasteiger partial charge in [-0.25, -0.2) is 4.98 Å². The number of amides is 2. The number of piperazine rings is 1. The maximum absolute atomic E-state index is 13.0. The van der Waals surface area contributed by atoms with E-state index in [0.717, 1.165) is 47.1 Å². The average molecular weight is 405 g/mol. The summed E-state index contributed by atoms with van der Waals surface area (Å²) in [6, 6.07) is 2.28. The third kappa shape index (κ3) is 4.07. The molecule has 1 saturated carbocycles. The SMILES string of the molecule is Cc1nc(-c2ccsc2)sc1C(=O)N1CCN(C(C)C(=O)NC2CC2)CC1. The predicted molar refractivity (Wildman–Crippen MR) is 108 cm³/mol. The van der Waals surface area contributed by atoms with Crippen LogP contribution in [0.4, 0.5) is 0 Å². The van der Waals surface area contributed by atoms with E-state index in [1.807, 2.05) is 30.2 Å². The van der Waals surface area contributed by atoms with E-state index in [0.29, 0.717) is 19.1 Å². The Morgan fingerprint density at radius 3 is 2.63 bits per heavy atom. The van der Waals surface area contributed by atoms with E-state index in [-0.39, 0.29) is 17.9 Å². The molecule has 3 heterocycles. The largest absolute Gasteiger partial charge is 0.352 e. The Kier molecular flexibility index (Phi) is 5.29. The first kappa shape index (κ1) is 18.6. The number of aryl methyl sites for hydroxylation is 1. The lowest BCUT2D eigenvalue weighted by Gasteiger charge is -2.37. The van der Waals surface area contributed by atoms with Gasteiger partial charge in [-0.05, 0) is 38.1 Å². The van der Waals surface area contributed by atoms with E-state index in [2.05, 4.69) is 20.6 Å². The van der Waals surface area contributed by atoms with Gasteiger partial charge in [0.05, 0.1) is 11.7 Å². The minimum Gasteiger partial charge on any atom is -0.352 e. The van der Waals surface area contributed by atoms with Crippen molar-refractivity contribution in [3.05, 3.63) is 27.4 Å². The fourth-order valence-corrected chi connectivity index (χ4v) is 5.02. The number of hydrogen-bond acceptors (Lipinski definition) is 6. The second-order valence-electron chi connectivity index (χ2n) is 7.23. The molecule has 2 fully saturated rings. The molecular weight excluding hydrogens is 380 g/mol. The summed E-state index contributed by atoms with van der Waals surface area (Å²) < 4.78 is 0. The minimum absolute atomic E-state index is 0.0567. The van der Waals surface area contributed by atoms with Crippen LogP contribution in [0.5, 0.6) is 0 Å². The van der Waals surface area contributed by atoms with E-state index in [1.54, 1.807) is 11.3 Å². The second kappa shape index (κ2) is 7.69. The van der Waals surface area contributed by atoms with Crippen LogP contribution < -0.4 is 5.32 Å². The van der Waals surface area contributed by atoms with Crippen LogP contribution in [0.1, 0.15) is 35.1 Å². The second-order valence-corrected chi connectivity index (χ2v) is 9.01. The number of aromatic nitrogens is 1. The van der Waals surface area contributed by atoms with E-state index < -0.39 is 0 Å². The molecule has 2 amide bonds. The Labute approximate surface area is 167 Å². The molecule has 8 heteroatoms. The molecule has 1 aliphatic carbocycles. The Morgan fingerprint density at radius 1 is 1.26 bits per heavy atom. The number of carbonyl (C=O) groups is 2. The van der Waals surface area contributed by atoms with E-state index in [1.165, 1.54) is 11.3 Å². The number of rotatable bonds is 5. The number of carbonyl (C=O) groups excluding carboxylic acids is 2. The molecule has 27 heavy (non-hydrogen) atoms. The van der Waals surface area contributed by atoms with Crippen LogP contribution in [0.15, 0.2) is 16.8 Å². The molecule has 2 aliphatic rings. The van der Waals surface area contributed by atoms with Crippen molar-refractivity contribution in [3.8, 4) is 10.6 Å². The van der Waals surface area contributed by atoms with Crippen LogP contribution >= 0.6 is 22.7 Å². The van der Waals surface area contributed by atoms with Gasteiger partial charge in [0, 0.05) is 43.2 Å². The van der Waals surface area contributed by atoms with Gasteiger partial charge in [0.25, 0.3) is 5.91 Å². The van der Waals surface area contributed by atoms with Crippen LogP contribution in [0, 0.1) is 6.92 Å². The standard InChI is InChI=1S/C19H24N4O2S2/c1-12-16(27-18(20-12)14-5-10-26-11-14)19(25)23-8-6-22(7-9-23)13(2)17(24)21-15-3-4-15/h5,10-11,13,15H,3-4,6-9H2,1-2H3,(H,21,24). The molecule has 1 atom stereocenters. The maximum Gasteiger partial charge on any atom is 0.265 e. The lowest BCUT2D eigenvalue weighted by Crippen LogP contribution is -2.55. The highest BCUT2D eigenvalue weighted by Gasteiger charge is 2.31. The predicted octanol–water partition coefficient (Wildman–Crippen LogP) is 2.60. The summed E-state index contributed by atoms with van der Waals surface area (Å²) in [5.41, 5.74) is 1.87. The Morgan fingerprint density at radius 2 is 2.00 bits per heavy atom. The van der Waals surface area contributed by atoms with Crippen molar-refractivity contribution >= 4 is 34.5 Å². The first-order chi connectivity index (χ1) is 13.0. The molecule has 144 valence electrons. The summed E-state index contributed by atoms with van der Waals surface area (Å²) in [7, 11) is 0. The van der Waals surface area contributed by atoms with Gasteiger partial charge in [0.2, 0.25) is 5.91 Å². The summed E-state index contributed by atoms with van der Waals surface area (Å²) in [6.45, 7) is 6.59. The van der Waals surface area contributed by atoms with Crippen molar-refractivity contribution in [1.82, 2.24) is 20.1 Å². The summed E-state index contributed by atoms with van der Waals surface area (Å²) >= 11 is 3.10. The van der Waals surface area contributed by atoms with Gasteiger partial charge in [-0.15, -0.1) is 11.3 Å². The lowest BCUT2D eigenvalue weighted by atomic mass is 10.2. The van der Waals surface area contributed by atoms with Crippen molar-refractivity contribution in [3.63, 3.8) is 0 Å². The molecule has 1 unspecified atom stereocenters. The lowest BCUT2D eigenvalue weighted by molar-refractivity contribution is -0.126. The average Bonchev–Trinajstić information content (AvgIpc) is 3.17. The number of nitrogens with one attached hydrogen (secondary N) is 1. The fraction of sp³-hybridized carbons (Fsp3) is 0.526. The number of nitrogens with zero attached hydrogens (tertiary/aromatic N) is 3. The third-order valence-electron chi connectivity index (χ3n) is 5.21. The smallest absolute Gasteiger partial charge is 0.265 e. The zero-order valence-electron chi connectivity index (χ0n) is 15.6. The highest BCUT2D eigenvalue weighted by molar-refractivity contribution is 7.17. The van der Waals surface area contributed by atoms with Gasteiger partial charge in [-0.1, -0.05) is 0 Å². The Hall–Kier alpha value is -1.77. The third-order valence-corrected chi connectivity index (χ3v) is 7.09. The zero-order chi connectivity index (χ0) is 19.0. The normalized spacial score (nSPS) is 19.1. The molecule has 0 radical (unpaired) electrons. The molecule has 1 N–H and O–H groups in total. The van der Waals surface area contributed by atoms with Gasteiger partial charge in [0.15, 0.2) is 0 Å². The van der Waals surface area contributed by atoms with Gasteiger partial charge in [-0.3, -0.25) is 14.5 Å². The van der Waals surface area contributed by atoms with Gasteiger partial charge in [-0.2, -0.15) is 11.3 Å². The first-order valence-electron chi connectivity index (χ1n) is 9.36. The van der Waals surface area contributed by atoms with Crippen molar-refractivity contribution < 1.29 is 9.59 Å². The number of thiophene rings is 1. The molecule has 6 nitrogen and oxygen atoms in total. The minimum atomic E-state index is -0.141. The summed E-state index contributed by atoms with van der Waals surface area (Å²) in [5.74, 6) is 0.164. The highest BCUT2D eigenvalue weighted by Crippen LogP contribution is 2.30. The van der Waals surface area contributed by atoms with Crippen molar-refractivity contribution in [2.75, 3.05) is 26.2 Å². The van der Waals surface area contributed by atoms with Gasteiger partial charge < -0.3 is 10.2 Å². The molecule has 0 spiro atoms. The quantitative estimate of drug-likeness (QED) is 0.832. The van der Waals surface area contributed by atoms with Crippen LogP contribution in [0.25, 0.3) is 10.6 Å². The molecule has 2 aromatic rings. The van der Waals surface area contributed by atoms with Gasteiger partial charge >= 0.3 is 0 Å². The van der Waals surface area contributed by atoms with Crippen LogP contribution in [-0.4, -0.2) is 64.9 Å². The summed E-state index contributed by atoms with van der Waals surface area (Å²) in [5, 5.41) is 8.05. The Balaban J connectivity index is 1.36. The van der Waals surface area contributed by atoms with E-state index >= 15 is 0 Å². The highest BCUT2D eigenvalue weighted by atomic mass is 32.1. The van der Waals surface area contributed by atoms with E-state index in [4.69, 9.17) is 0 Å². The van der Waals surface area contributed by atoms with Crippen molar-refractivity contribution in [2.24, 2.45) is 0 Å². The zero-order valence-corrected chi connectivity index (χ0v) is 17.2. The van der Waals surface area contributed by atoms with Crippen molar-refractivity contribution in [2.45, 2.75) is 38.8 Å². The summed E-state index contributed by atoms with van der Waals surface area (Å²) in [6.07, 6.45) is 2.20. The maximum atomic E-state index is 13.0.